The normalized spacial score (nSPS) is 18.9. The van der Waals surface area contributed by atoms with Crippen molar-refractivity contribution in [3.8, 4) is 11.5 Å². The highest BCUT2D eigenvalue weighted by molar-refractivity contribution is 9.10. The molecule has 190 valence electrons. The van der Waals surface area contributed by atoms with Gasteiger partial charge < -0.3 is 24.7 Å². The van der Waals surface area contributed by atoms with Gasteiger partial charge in [0.15, 0.2) is 5.78 Å². The van der Waals surface area contributed by atoms with Gasteiger partial charge in [-0.25, -0.2) is 4.79 Å². The molecule has 0 saturated heterocycles. The van der Waals surface area contributed by atoms with Crippen molar-refractivity contribution in [3.05, 3.63) is 80.9 Å². The van der Waals surface area contributed by atoms with E-state index < -0.39 is 11.9 Å². The van der Waals surface area contributed by atoms with Gasteiger partial charge in [0, 0.05) is 24.0 Å². The number of hydrogen-bond donors (Lipinski definition) is 1. The number of ether oxygens (including phenoxy) is 4. The highest BCUT2D eigenvalue weighted by Crippen LogP contribution is 2.48. The van der Waals surface area contributed by atoms with Crippen molar-refractivity contribution in [2.45, 2.75) is 46.1 Å². The molecule has 2 N–H and O–H groups in total. The van der Waals surface area contributed by atoms with E-state index in [9.17, 15) is 9.59 Å². The van der Waals surface area contributed by atoms with Crippen molar-refractivity contribution < 1.29 is 28.5 Å². The fourth-order valence-corrected chi connectivity index (χ4v) is 5.13. The third-order valence-electron chi connectivity index (χ3n) is 6.31. The third-order valence-corrected chi connectivity index (χ3v) is 6.96. The molecule has 4 rings (SSSR count). The van der Waals surface area contributed by atoms with E-state index in [4.69, 9.17) is 24.7 Å². The molecule has 0 saturated carbocycles. The predicted molar refractivity (Wildman–Crippen MR) is 138 cm³/mol. The summed E-state index contributed by atoms with van der Waals surface area (Å²) in [5, 5.41) is 0. The first-order chi connectivity index (χ1) is 17.1. The number of esters is 1. The second-order valence-corrected chi connectivity index (χ2v) is 10.5. The molecule has 0 bridgehead atoms. The number of Topliss-reactive ketones (excluding diaryl/α,β-unsaturated/α-hetero) is 1. The van der Waals surface area contributed by atoms with E-state index in [2.05, 4.69) is 15.9 Å². The van der Waals surface area contributed by atoms with E-state index in [1.165, 1.54) is 0 Å². The van der Waals surface area contributed by atoms with Crippen LogP contribution in [0.5, 0.6) is 11.5 Å². The molecule has 1 heterocycles. The smallest absolute Gasteiger partial charge is 0.340 e. The van der Waals surface area contributed by atoms with Crippen LogP contribution in [-0.2, 0) is 25.7 Å². The Morgan fingerprint density at radius 1 is 1.17 bits per heavy atom. The quantitative estimate of drug-likeness (QED) is 0.448. The Kier molecular flexibility index (Phi) is 7.45. The lowest BCUT2D eigenvalue weighted by Crippen LogP contribution is -2.35. The minimum Gasteiger partial charge on any atom is -0.496 e. The first kappa shape index (κ1) is 25.8. The number of carbonyl (C=O) groups excluding carboxylic acids is 2. The monoisotopic (exact) mass is 555 g/mol. The Morgan fingerprint density at radius 3 is 2.61 bits per heavy atom. The Labute approximate surface area is 219 Å². The van der Waals surface area contributed by atoms with Gasteiger partial charge in [0.25, 0.3) is 0 Å². The standard InChI is InChI=1S/C28H30BrNO6/c1-5-34-27(32)25-23(24-19(31)13-28(2,3)14-22(24)36-26(25)30)16-10-11-20(33-4)17(12-16)15-35-21-9-7-6-8-18(21)29/h6-12,23H,5,13-15,30H2,1-4H3. The Bertz CT molecular complexity index is 1260. The van der Waals surface area contributed by atoms with Crippen molar-refractivity contribution in [2.24, 2.45) is 11.1 Å². The zero-order valence-corrected chi connectivity index (χ0v) is 22.4. The summed E-state index contributed by atoms with van der Waals surface area (Å²) in [6.45, 7) is 6.13. The lowest BCUT2D eigenvalue weighted by molar-refractivity contribution is -0.139. The van der Waals surface area contributed by atoms with Crippen LogP contribution in [0.1, 0.15) is 50.7 Å². The number of ketones is 1. The second kappa shape index (κ2) is 10.4. The third kappa shape index (κ3) is 5.14. The van der Waals surface area contributed by atoms with Crippen molar-refractivity contribution in [3.63, 3.8) is 0 Å². The summed E-state index contributed by atoms with van der Waals surface area (Å²) in [5.74, 6) is 0.385. The highest BCUT2D eigenvalue weighted by Gasteiger charge is 2.45. The van der Waals surface area contributed by atoms with Gasteiger partial charge in [0.05, 0.1) is 24.1 Å². The van der Waals surface area contributed by atoms with Gasteiger partial charge >= 0.3 is 5.97 Å². The second-order valence-electron chi connectivity index (χ2n) is 9.60. The van der Waals surface area contributed by atoms with Crippen molar-refractivity contribution >= 4 is 27.7 Å². The average Bonchev–Trinajstić information content (AvgIpc) is 2.81. The SMILES string of the molecule is CCOC(=O)C1=C(N)OC2=C(C(=O)CC(C)(C)C2)C1c1ccc(OC)c(COc2ccccc2Br)c1. The number of methoxy groups -OCH3 is 1. The number of benzene rings is 2. The molecule has 1 atom stereocenters. The number of halogens is 1. The maximum absolute atomic E-state index is 13.4. The van der Waals surface area contributed by atoms with Crippen LogP contribution in [0.2, 0.25) is 0 Å². The van der Waals surface area contributed by atoms with Gasteiger partial charge in [0.1, 0.15) is 29.4 Å². The lowest BCUT2D eigenvalue weighted by atomic mass is 9.70. The molecule has 0 radical (unpaired) electrons. The lowest BCUT2D eigenvalue weighted by Gasteiger charge is -2.38. The summed E-state index contributed by atoms with van der Waals surface area (Å²) in [6.07, 6.45) is 0.880. The van der Waals surface area contributed by atoms with E-state index in [1.54, 1.807) is 20.1 Å². The molecule has 36 heavy (non-hydrogen) atoms. The van der Waals surface area contributed by atoms with Crippen molar-refractivity contribution in [2.75, 3.05) is 13.7 Å². The number of allylic oxidation sites excluding steroid dienone is 2. The number of nitrogens with two attached hydrogens (primary N) is 1. The maximum atomic E-state index is 13.4. The van der Waals surface area contributed by atoms with Crippen LogP contribution in [0, 0.1) is 5.41 Å². The van der Waals surface area contributed by atoms with Crippen LogP contribution >= 0.6 is 15.9 Å². The maximum Gasteiger partial charge on any atom is 0.340 e. The Balaban J connectivity index is 1.80. The molecule has 1 aliphatic carbocycles. The van der Waals surface area contributed by atoms with Gasteiger partial charge in [-0.05, 0) is 58.1 Å². The molecular weight excluding hydrogens is 526 g/mol. The van der Waals surface area contributed by atoms with E-state index in [-0.39, 0.29) is 35.9 Å². The largest absolute Gasteiger partial charge is 0.496 e. The van der Waals surface area contributed by atoms with Gasteiger partial charge in [-0.3, -0.25) is 4.79 Å². The molecule has 1 aliphatic heterocycles. The molecule has 2 aromatic rings. The molecule has 2 aliphatic rings. The number of rotatable bonds is 7. The molecule has 0 fully saturated rings. The van der Waals surface area contributed by atoms with Crippen molar-refractivity contribution in [1.29, 1.82) is 0 Å². The highest BCUT2D eigenvalue weighted by atomic mass is 79.9. The van der Waals surface area contributed by atoms with Gasteiger partial charge in [-0.15, -0.1) is 0 Å². The average molecular weight is 556 g/mol. The van der Waals surface area contributed by atoms with Crippen LogP contribution in [0.15, 0.2) is 69.7 Å². The number of para-hydroxylation sites is 1. The zero-order valence-electron chi connectivity index (χ0n) is 20.9. The summed E-state index contributed by atoms with van der Waals surface area (Å²) in [7, 11) is 1.58. The van der Waals surface area contributed by atoms with Gasteiger partial charge in [-0.2, -0.15) is 0 Å². The van der Waals surface area contributed by atoms with Crippen LogP contribution in [-0.4, -0.2) is 25.5 Å². The van der Waals surface area contributed by atoms with Crippen LogP contribution in [0.3, 0.4) is 0 Å². The first-order valence-electron chi connectivity index (χ1n) is 11.8. The summed E-state index contributed by atoms with van der Waals surface area (Å²) in [6, 6.07) is 13.1. The number of carbonyl (C=O) groups is 2. The molecule has 1 unspecified atom stereocenters. The molecule has 7 nitrogen and oxygen atoms in total. The van der Waals surface area contributed by atoms with Gasteiger partial charge in [0.2, 0.25) is 5.88 Å². The molecule has 0 amide bonds. The summed E-state index contributed by atoms with van der Waals surface area (Å²) in [4.78, 5) is 26.4. The van der Waals surface area contributed by atoms with E-state index in [0.717, 1.165) is 10.0 Å². The molecule has 0 aromatic heterocycles. The minimum absolute atomic E-state index is 0.0375. The minimum atomic E-state index is -0.718. The first-order valence-corrected chi connectivity index (χ1v) is 12.6. The zero-order chi connectivity index (χ0) is 26.0. The predicted octanol–water partition coefficient (Wildman–Crippen LogP) is 5.53. The van der Waals surface area contributed by atoms with E-state index in [1.807, 2.05) is 50.2 Å². The van der Waals surface area contributed by atoms with Gasteiger partial charge in [-0.1, -0.05) is 32.0 Å². The molecular formula is C28H30BrNO6. The summed E-state index contributed by atoms with van der Waals surface area (Å²) in [5.41, 5.74) is 8.05. The van der Waals surface area contributed by atoms with Crippen LogP contribution in [0.25, 0.3) is 0 Å². The Morgan fingerprint density at radius 2 is 1.92 bits per heavy atom. The van der Waals surface area contributed by atoms with E-state index >= 15 is 0 Å². The molecule has 0 spiro atoms. The number of hydrogen-bond acceptors (Lipinski definition) is 7. The van der Waals surface area contributed by atoms with Crippen LogP contribution in [0.4, 0.5) is 0 Å². The van der Waals surface area contributed by atoms with Crippen LogP contribution < -0.4 is 15.2 Å². The molecule has 8 heteroatoms. The molecule has 2 aromatic carbocycles. The summed E-state index contributed by atoms with van der Waals surface area (Å²) < 4.78 is 23.6. The fraction of sp³-hybridized carbons (Fsp3) is 0.357. The summed E-state index contributed by atoms with van der Waals surface area (Å²) >= 11 is 3.50. The topological polar surface area (TPSA) is 97.1 Å². The van der Waals surface area contributed by atoms with E-state index in [0.29, 0.717) is 41.2 Å². The Hall–Kier alpha value is -3.26. The fourth-order valence-electron chi connectivity index (χ4n) is 4.73. The van der Waals surface area contributed by atoms with Crippen molar-refractivity contribution in [1.82, 2.24) is 0 Å².